The zero-order chi connectivity index (χ0) is 31.2. The molecule has 0 atom stereocenters. The summed E-state index contributed by atoms with van der Waals surface area (Å²) in [5.41, 5.74) is 6.69. The Morgan fingerprint density at radius 2 is 1.07 bits per heavy atom. The third kappa shape index (κ3) is 6.26. The Labute approximate surface area is 244 Å². The molecule has 5 N–H and O–H groups in total. The fourth-order valence-corrected chi connectivity index (χ4v) is 6.01. The summed E-state index contributed by atoms with van der Waals surface area (Å²) in [5, 5.41) is 17.4. The van der Waals surface area contributed by atoms with Crippen LogP contribution in [0.4, 0.5) is 28.4 Å². The van der Waals surface area contributed by atoms with Gasteiger partial charge in [-0.05, 0) is 60.7 Å². The summed E-state index contributed by atoms with van der Waals surface area (Å²) in [5.74, 6) is 0. The molecule has 0 aliphatic heterocycles. The van der Waals surface area contributed by atoms with E-state index in [4.69, 9.17) is 5.73 Å². The summed E-state index contributed by atoms with van der Waals surface area (Å²) in [6, 6.07) is 18.6. The van der Waals surface area contributed by atoms with Crippen LogP contribution in [0.5, 0.6) is 0 Å². The fourth-order valence-electron chi connectivity index (χ4n) is 4.24. The Morgan fingerprint density at radius 1 is 0.512 bits per heavy atom. The van der Waals surface area contributed by atoms with E-state index in [1.54, 1.807) is 6.07 Å². The lowest BCUT2D eigenvalue weighted by atomic mass is 10.1. The highest BCUT2D eigenvalue weighted by Crippen LogP contribution is 2.39. The van der Waals surface area contributed by atoms with Crippen LogP contribution < -0.4 is 5.73 Å². The number of nitrogens with zero attached hydrogens (tertiary/aromatic N) is 4. The SMILES string of the molecule is Nc1ccc(N=Nc2ccc(N=Nc3cccc(S(=O)(=O)O)c3)c3cc(S(=O)(=O)O)ccc23)c2cccc(S(=O)(=O)O)c12. The van der Waals surface area contributed by atoms with E-state index in [1.165, 1.54) is 54.6 Å². The minimum atomic E-state index is -4.61. The average Bonchev–Trinajstić information content (AvgIpc) is 2.94. The van der Waals surface area contributed by atoms with Crippen LogP contribution >= 0.6 is 0 Å². The maximum Gasteiger partial charge on any atom is 0.295 e. The molecule has 0 aliphatic rings. The number of fused-ring (bicyclic) bond motifs is 2. The molecule has 0 aromatic heterocycles. The van der Waals surface area contributed by atoms with Crippen molar-refractivity contribution in [2.75, 3.05) is 5.73 Å². The molecule has 17 heteroatoms. The lowest BCUT2D eigenvalue weighted by Gasteiger charge is -2.09. The van der Waals surface area contributed by atoms with Gasteiger partial charge in [0.25, 0.3) is 30.4 Å². The molecule has 0 radical (unpaired) electrons. The van der Waals surface area contributed by atoms with Gasteiger partial charge in [0, 0.05) is 27.2 Å². The van der Waals surface area contributed by atoms with E-state index in [1.807, 2.05) is 0 Å². The summed E-state index contributed by atoms with van der Waals surface area (Å²) < 4.78 is 99.0. The molecule has 14 nitrogen and oxygen atoms in total. The Bertz CT molecular complexity index is 2340. The first kappa shape index (κ1) is 29.8. The van der Waals surface area contributed by atoms with Gasteiger partial charge in [0.1, 0.15) is 4.90 Å². The fraction of sp³-hybridized carbons (Fsp3) is 0. The summed E-state index contributed by atoms with van der Waals surface area (Å²) in [6.07, 6.45) is 0. The highest BCUT2D eigenvalue weighted by Gasteiger charge is 2.18. The number of nitrogen functional groups attached to an aromatic ring is 1. The van der Waals surface area contributed by atoms with Crippen molar-refractivity contribution in [2.45, 2.75) is 14.7 Å². The van der Waals surface area contributed by atoms with Crippen molar-refractivity contribution in [3.05, 3.63) is 84.9 Å². The quantitative estimate of drug-likeness (QED) is 0.0898. The Kier molecular flexibility index (Phi) is 7.55. The van der Waals surface area contributed by atoms with Gasteiger partial charge in [0.2, 0.25) is 0 Å². The average molecular weight is 642 g/mol. The molecule has 0 spiro atoms. The van der Waals surface area contributed by atoms with Crippen molar-refractivity contribution in [1.29, 1.82) is 0 Å². The standard InChI is InChI=1S/C26H19N5O9S3/c27-21-9-10-23(19-5-2-6-25(26(19)21)43(38,39)40)31-30-22-11-12-24(20-14-17(42(35,36)37)7-8-18(20)22)29-28-15-3-1-4-16(13-15)41(32,33)34/h1-14H,27H2,(H,32,33,34)(H,35,36,37)(H,38,39,40). The molecule has 5 aromatic rings. The minimum Gasteiger partial charge on any atom is -0.398 e. The molecule has 5 rings (SSSR count). The first-order valence-corrected chi connectivity index (χ1v) is 16.2. The van der Waals surface area contributed by atoms with Crippen LogP contribution in [-0.4, -0.2) is 38.9 Å². The predicted molar refractivity (Wildman–Crippen MR) is 157 cm³/mol. The molecule has 0 bridgehead atoms. The molecular weight excluding hydrogens is 623 g/mol. The van der Waals surface area contributed by atoms with Gasteiger partial charge in [-0.1, -0.05) is 24.3 Å². The number of anilines is 1. The van der Waals surface area contributed by atoms with E-state index in [2.05, 4.69) is 20.5 Å². The monoisotopic (exact) mass is 641 g/mol. The zero-order valence-corrected chi connectivity index (χ0v) is 23.9. The number of hydrogen-bond donors (Lipinski definition) is 4. The first-order chi connectivity index (χ1) is 20.1. The van der Waals surface area contributed by atoms with E-state index < -0.39 is 45.0 Å². The second-order valence-corrected chi connectivity index (χ2v) is 13.2. The topological polar surface area (TPSA) is 239 Å². The van der Waals surface area contributed by atoms with E-state index in [0.717, 1.165) is 24.3 Å². The summed E-state index contributed by atoms with van der Waals surface area (Å²) in [7, 11) is -13.7. The number of azo groups is 2. The Balaban J connectivity index is 1.64. The van der Waals surface area contributed by atoms with E-state index in [-0.39, 0.29) is 44.6 Å². The van der Waals surface area contributed by atoms with Gasteiger partial charge in [-0.3, -0.25) is 13.7 Å². The van der Waals surface area contributed by atoms with Crippen molar-refractivity contribution in [2.24, 2.45) is 20.5 Å². The van der Waals surface area contributed by atoms with Crippen LogP contribution in [0.25, 0.3) is 21.5 Å². The van der Waals surface area contributed by atoms with Gasteiger partial charge in [0.05, 0.1) is 32.5 Å². The number of hydrogen-bond acceptors (Lipinski definition) is 11. The number of nitrogens with two attached hydrogens (primary N) is 1. The molecule has 0 saturated carbocycles. The maximum atomic E-state index is 11.9. The molecule has 0 heterocycles. The van der Waals surface area contributed by atoms with Crippen LogP contribution in [0.15, 0.2) is 120 Å². The maximum absolute atomic E-state index is 11.9. The number of benzene rings is 5. The first-order valence-electron chi connectivity index (χ1n) is 11.9. The molecular formula is C26H19N5O9S3. The summed E-state index contributed by atoms with van der Waals surface area (Å²) in [4.78, 5) is -1.25. The lowest BCUT2D eigenvalue weighted by Crippen LogP contribution is -2.01. The zero-order valence-electron chi connectivity index (χ0n) is 21.5. The second kappa shape index (κ2) is 10.9. The molecule has 0 unspecified atom stereocenters. The van der Waals surface area contributed by atoms with Crippen LogP contribution in [0.3, 0.4) is 0 Å². The van der Waals surface area contributed by atoms with Crippen molar-refractivity contribution in [3.8, 4) is 0 Å². The normalized spacial score (nSPS) is 13.0. The highest BCUT2D eigenvalue weighted by atomic mass is 32.2. The van der Waals surface area contributed by atoms with Crippen LogP contribution in [-0.2, 0) is 30.4 Å². The van der Waals surface area contributed by atoms with Gasteiger partial charge in [-0.2, -0.15) is 30.4 Å². The molecule has 43 heavy (non-hydrogen) atoms. The van der Waals surface area contributed by atoms with Crippen LogP contribution in [0.2, 0.25) is 0 Å². The van der Waals surface area contributed by atoms with Crippen molar-refractivity contribution >= 4 is 80.3 Å². The van der Waals surface area contributed by atoms with E-state index in [0.29, 0.717) is 5.39 Å². The molecule has 220 valence electrons. The predicted octanol–water partition coefficient (Wildman–Crippen LogP) is 6.15. The van der Waals surface area contributed by atoms with Gasteiger partial charge in [0.15, 0.2) is 0 Å². The molecule has 0 aliphatic carbocycles. The summed E-state index contributed by atoms with van der Waals surface area (Å²) in [6.45, 7) is 0. The van der Waals surface area contributed by atoms with Crippen molar-refractivity contribution in [3.63, 3.8) is 0 Å². The Morgan fingerprint density at radius 3 is 1.72 bits per heavy atom. The molecule has 0 saturated heterocycles. The van der Waals surface area contributed by atoms with Crippen LogP contribution in [0, 0.1) is 0 Å². The van der Waals surface area contributed by atoms with Gasteiger partial charge in [-0.25, -0.2) is 0 Å². The highest BCUT2D eigenvalue weighted by molar-refractivity contribution is 7.86. The molecule has 0 fully saturated rings. The largest absolute Gasteiger partial charge is 0.398 e. The third-order valence-corrected chi connectivity index (χ3v) is 8.78. The third-order valence-electron chi connectivity index (χ3n) is 6.18. The number of rotatable bonds is 7. The lowest BCUT2D eigenvalue weighted by molar-refractivity contribution is 0.481. The van der Waals surface area contributed by atoms with E-state index in [9.17, 15) is 38.9 Å². The Hall–Kier alpha value is -4.65. The smallest absolute Gasteiger partial charge is 0.295 e. The van der Waals surface area contributed by atoms with E-state index >= 15 is 0 Å². The minimum absolute atomic E-state index is 0.0536. The van der Waals surface area contributed by atoms with Crippen molar-refractivity contribution < 1.29 is 38.9 Å². The van der Waals surface area contributed by atoms with Gasteiger partial charge in [-0.15, -0.1) is 15.3 Å². The second-order valence-electron chi connectivity index (χ2n) is 8.99. The van der Waals surface area contributed by atoms with Crippen LogP contribution in [0.1, 0.15) is 0 Å². The molecule has 0 amide bonds. The van der Waals surface area contributed by atoms with Gasteiger partial charge >= 0.3 is 0 Å². The van der Waals surface area contributed by atoms with Crippen molar-refractivity contribution in [1.82, 2.24) is 0 Å². The van der Waals surface area contributed by atoms with Gasteiger partial charge < -0.3 is 5.73 Å². The molecule has 5 aromatic carbocycles. The summed E-state index contributed by atoms with van der Waals surface area (Å²) >= 11 is 0.